The molecule has 0 atom stereocenters. The van der Waals surface area contributed by atoms with Gasteiger partial charge in [0, 0.05) is 11.6 Å². The number of aromatic nitrogens is 2. The van der Waals surface area contributed by atoms with Crippen molar-refractivity contribution >= 4 is 0 Å². The molecule has 1 fully saturated rings. The highest BCUT2D eigenvalue weighted by molar-refractivity contribution is 5.21. The first-order chi connectivity index (χ1) is 7.92. The van der Waals surface area contributed by atoms with E-state index in [-0.39, 0.29) is 0 Å². The Balaban J connectivity index is 2.03. The van der Waals surface area contributed by atoms with Crippen LogP contribution >= 0.6 is 0 Å². The Labute approximate surface area is 97.8 Å². The van der Waals surface area contributed by atoms with E-state index in [1.54, 1.807) is 0 Å². The van der Waals surface area contributed by atoms with Crippen molar-refractivity contribution in [3.8, 4) is 0 Å². The van der Waals surface area contributed by atoms with E-state index in [1.165, 1.54) is 49.8 Å². The van der Waals surface area contributed by atoms with E-state index in [1.807, 2.05) is 6.20 Å². The fourth-order valence-corrected chi connectivity index (χ4v) is 2.73. The van der Waals surface area contributed by atoms with Gasteiger partial charge < -0.3 is 5.73 Å². The Bertz CT molecular complexity index is 298. The van der Waals surface area contributed by atoms with Crippen LogP contribution in [-0.4, -0.2) is 16.7 Å². The monoisotopic (exact) mass is 221 g/mol. The molecule has 0 aromatic carbocycles. The second kappa shape index (κ2) is 6.04. The molecule has 1 aromatic heterocycles. The molecule has 2 rings (SSSR count). The molecule has 90 valence electrons. The zero-order valence-corrected chi connectivity index (χ0v) is 10.0. The number of nitrogens with one attached hydrogen (secondary N) is 1. The Morgan fingerprint density at radius 2 is 2.00 bits per heavy atom. The first kappa shape index (κ1) is 11.6. The summed E-state index contributed by atoms with van der Waals surface area (Å²) in [5.74, 6) is 0.720. The Morgan fingerprint density at radius 3 is 2.69 bits per heavy atom. The van der Waals surface area contributed by atoms with Crippen molar-refractivity contribution in [2.75, 3.05) is 6.54 Å². The Kier molecular flexibility index (Phi) is 4.40. The summed E-state index contributed by atoms with van der Waals surface area (Å²) in [4.78, 5) is 0. The lowest BCUT2D eigenvalue weighted by Crippen LogP contribution is -2.04. The predicted octanol–water partition coefficient (Wildman–Crippen LogP) is 2.74. The zero-order chi connectivity index (χ0) is 11.2. The van der Waals surface area contributed by atoms with Crippen LogP contribution < -0.4 is 5.73 Å². The molecule has 1 heterocycles. The first-order valence-corrected chi connectivity index (χ1v) is 6.64. The van der Waals surface area contributed by atoms with Crippen molar-refractivity contribution in [1.29, 1.82) is 0 Å². The SMILES string of the molecule is NCCCc1cn[nH]c1C1CCCCCC1. The van der Waals surface area contributed by atoms with Gasteiger partial charge in [-0.1, -0.05) is 25.7 Å². The van der Waals surface area contributed by atoms with E-state index in [9.17, 15) is 0 Å². The van der Waals surface area contributed by atoms with Crippen LogP contribution in [0.4, 0.5) is 0 Å². The van der Waals surface area contributed by atoms with Crippen LogP contribution in [0.2, 0.25) is 0 Å². The standard InChI is InChI=1S/C13H23N3/c14-9-5-8-12-10-15-16-13(12)11-6-3-1-2-4-7-11/h10-11H,1-9,14H2,(H,15,16). The maximum absolute atomic E-state index is 5.57. The summed E-state index contributed by atoms with van der Waals surface area (Å²) in [5.41, 5.74) is 8.37. The minimum atomic E-state index is 0.720. The van der Waals surface area contributed by atoms with Crippen molar-refractivity contribution in [2.45, 2.75) is 57.3 Å². The van der Waals surface area contributed by atoms with Gasteiger partial charge in [0.15, 0.2) is 0 Å². The van der Waals surface area contributed by atoms with E-state index in [0.29, 0.717) is 0 Å². The number of nitrogens with two attached hydrogens (primary N) is 1. The molecule has 0 amide bonds. The van der Waals surface area contributed by atoms with Crippen LogP contribution in [0.25, 0.3) is 0 Å². The second-order valence-electron chi connectivity index (χ2n) is 4.89. The third kappa shape index (κ3) is 2.85. The van der Waals surface area contributed by atoms with Crippen molar-refractivity contribution in [2.24, 2.45) is 5.73 Å². The molecular weight excluding hydrogens is 198 g/mol. The van der Waals surface area contributed by atoms with Crippen molar-refractivity contribution in [1.82, 2.24) is 10.2 Å². The molecule has 0 aliphatic heterocycles. The molecule has 3 nitrogen and oxygen atoms in total. The van der Waals surface area contributed by atoms with Gasteiger partial charge in [-0.25, -0.2) is 0 Å². The summed E-state index contributed by atoms with van der Waals surface area (Å²) in [5, 5.41) is 7.44. The maximum Gasteiger partial charge on any atom is 0.0522 e. The number of H-pyrrole nitrogens is 1. The Hall–Kier alpha value is -0.830. The third-order valence-electron chi connectivity index (χ3n) is 3.66. The minimum absolute atomic E-state index is 0.720. The average Bonchev–Trinajstić information content (AvgIpc) is 2.60. The summed E-state index contributed by atoms with van der Waals surface area (Å²) < 4.78 is 0. The molecule has 1 aliphatic carbocycles. The molecule has 0 radical (unpaired) electrons. The summed E-state index contributed by atoms with van der Waals surface area (Å²) >= 11 is 0. The lowest BCUT2D eigenvalue weighted by atomic mass is 9.93. The molecule has 0 spiro atoms. The van der Waals surface area contributed by atoms with Gasteiger partial charge in [0.2, 0.25) is 0 Å². The minimum Gasteiger partial charge on any atom is -0.330 e. The zero-order valence-electron chi connectivity index (χ0n) is 10.0. The van der Waals surface area contributed by atoms with Gasteiger partial charge in [-0.3, -0.25) is 5.10 Å². The van der Waals surface area contributed by atoms with Crippen LogP contribution in [0.15, 0.2) is 6.20 Å². The molecule has 0 bridgehead atoms. The van der Waals surface area contributed by atoms with E-state index < -0.39 is 0 Å². The third-order valence-corrected chi connectivity index (χ3v) is 3.66. The second-order valence-corrected chi connectivity index (χ2v) is 4.89. The summed E-state index contributed by atoms with van der Waals surface area (Å²) in [7, 11) is 0. The largest absolute Gasteiger partial charge is 0.330 e. The fraction of sp³-hybridized carbons (Fsp3) is 0.769. The molecule has 1 aliphatic rings. The molecule has 0 saturated heterocycles. The molecule has 1 saturated carbocycles. The molecule has 3 heteroatoms. The van der Waals surface area contributed by atoms with Crippen LogP contribution in [0.1, 0.15) is 62.1 Å². The maximum atomic E-state index is 5.57. The number of rotatable bonds is 4. The van der Waals surface area contributed by atoms with Gasteiger partial charge in [0.05, 0.1) is 6.20 Å². The van der Waals surface area contributed by atoms with E-state index >= 15 is 0 Å². The van der Waals surface area contributed by atoms with E-state index in [0.717, 1.165) is 25.3 Å². The van der Waals surface area contributed by atoms with Gasteiger partial charge >= 0.3 is 0 Å². The number of aromatic amines is 1. The highest BCUT2D eigenvalue weighted by Crippen LogP contribution is 2.32. The van der Waals surface area contributed by atoms with E-state index in [2.05, 4.69) is 10.2 Å². The van der Waals surface area contributed by atoms with Gasteiger partial charge in [-0.05, 0) is 37.8 Å². The Morgan fingerprint density at radius 1 is 1.25 bits per heavy atom. The lowest BCUT2D eigenvalue weighted by Gasteiger charge is -2.14. The predicted molar refractivity (Wildman–Crippen MR) is 66.4 cm³/mol. The quantitative estimate of drug-likeness (QED) is 0.768. The fourth-order valence-electron chi connectivity index (χ4n) is 2.73. The van der Waals surface area contributed by atoms with Crippen molar-refractivity contribution in [3.63, 3.8) is 0 Å². The van der Waals surface area contributed by atoms with Gasteiger partial charge in [0.1, 0.15) is 0 Å². The average molecular weight is 221 g/mol. The molecular formula is C13H23N3. The molecule has 0 unspecified atom stereocenters. The van der Waals surface area contributed by atoms with Crippen LogP contribution in [-0.2, 0) is 6.42 Å². The topological polar surface area (TPSA) is 54.7 Å². The normalized spacial score (nSPS) is 18.6. The van der Waals surface area contributed by atoms with Crippen molar-refractivity contribution in [3.05, 3.63) is 17.5 Å². The van der Waals surface area contributed by atoms with Gasteiger partial charge in [0.25, 0.3) is 0 Å². The number of aryl methyl sites for hydroxylation is 1. The van der Waals surface area contributed by atoms with Crippen molar-refractivity contribution < 1.29 is 0 Å². The highest BCUT2D eigenvalue weighted by atomic mass is 15.1. The van der Waals surface area contributed by atoms with Crippen LogP contribution in [0.3, 0.4) is 0 Å². The van der Waals surface area contributed by atoms with E-state index in [4.69, 9.17) is 5.73 Å². The number of nitrogens with zero attached hydrogens (tertiary/aromatic N) is 1. The molecule has 16 heavy (non-hydrogen) atoms. The first-order valence-electron chi connectivity index (χ1n) is 6.64. The summed E-state index contributed by atoms with van der Waals surface area (Å²) in [6, 6.07) is 0. The van der Waals surface area contributed by atoms with Crippen LogP contribution in [0.5, 0.6) is 0 Å². The molecule has 1 aromatic rings. The highest BCUT2D eigenvalue weighted by Gasteiger charge is 2.18. The van der Waals surface area contributed by atoms with Crippen LogP contribution in [0, 0.1) is 0 Å². The number of hydrogen-bond donors (Lipinski definition) is 2. The van der Waals surface area contributed by atoms with Gasteiger partial charge in [-0.15, -0.1) is 0 Å². The lowest BCUT2D eigenvalue weighted by molar-refractivity contribution is 0.570. The smallest absolute Gasteiger partial charge is 0.0522 e. The summed E-state index contributed by atoms with van der Waals surface area (Å²) in [6.07, 6.45) is 12.4. The van der Waals surface area contributed by atoms with Gasteiger partial charge in [-0.2, -0.15) is 5.10 Å². The molecule has 3 N–H and O–H groups in total. The number of hydrogen-bond acceptors (Lipinski definition) is 2. The summed E-state index contributed by atoms with van der Waals surface area (Å²) in [6.45, 7) is 0.773.